The number of carbonyl (C=O) groups excluding carboxylic acids is 2. The average Bonchev–Trinajstić information content (AvgIpc) is 3.44. The highest BCUT2D eigenvalue weighted by molar-refractivity contribution is 9.10. The minimum absolute atomic E-state index is 0.0680. The summed E-state index contributed by atoms with van der Waals surface area (Å²) >= 11 is 9.42. The first-order valence-corrected chi connectivity index (χ1v) is 14.5. The van der Waals surface area contributed by atoms with Crippen LogP contribution >= 0.6 is 27.5 Å². The summed E-state index contributed by atoms with van der Waals surface area (Å²) < 4.78 is 65.3. The van der Waals surface area contributed by atoms with E-state index in [1.807, 2.05) is 0 Å². The number of sulfone groups is 1. The molecule has 0 saturated heterocycles. The molecule has 212 valence electrons. The van der Waals surface area contributed by atoms with Crippen molar-refractivity contribution in [3.63, 3.8) is 0 Å². The van der Waals surface area contributed by atoms with Gasteiger partial charge in [0.1, 0.15) is 15.5 Å². The van der Waals surface area contributed by atoms with Gasteiger partial charge in [-0.25, -0.2) is 18.1 Å². The van der Waals surface area contributed by atoms with Crippen molar-refractivity contribution in [1.29, 1.82) is 0 Å². The lowest BCUT2D eigenvalue weighted by atomic mass is 10.0. The summed E-state index contributed by atoms with van der Waals surface area (Å²) in [4.78, 5) is 30.9. The quantitative estimate of drug-likeness (QED) is 0.266. The molecule has 0 spiro atoms. The van der Waals surface area contributed by atoms with Crippen molar-refractivity contribution in [2.45, 2.75) is 25.6 Å². The Morgan fingerprint density at radius 3 is 2.52 bits per heavy atom. The molecule has 0 aliphatic carbocycles. The van der Waals surface area contributed by atoms with Gasteiger partial charge in [0.05, 0.1) is 33.7 Å². The van der Waals surface area contributed by atoms with Gasteiger partial charge in [0.2, 0.25) is 0 Å². The van der Waals surface area contributed by atoms with Crippen LogP contribution in [0.2, 0.25) is 5.02 Å². The third-order valence-corrected chi connectivity index (χ3v) is 7.57. The van der Waals surface area contributed by atoms with Crippen LogP contribution in [-0.4, -0.2) is 62.7 Å². The molecular formula is C23H20BrClF3N7O4S. The van der Waals surface area contributed by atoms with Crippen molar-refractivity contribution in [3.05, 3.63) is 63.1 Å². The van der Waals surface area contributed by atoms with Crippen molar-refractivity contribution in [2.75, 3.05) is 17.3 Å². The van der Waals surface area contributed by atoms with Gasteiger partial charge >= 0.3 is 6.18 Å². The highest BCUT2D eigenvalue weighted by Gasteiger charge is 2.37. The number of hydrogen-bond donors (Lipinski definition) is 3. The summed E-state index contributed by atoms with van der Waals surface area (Å²) in [5.41, 5.74) is -3.26. The molecule has 0 radical (unpaired) electrons. The van der Waals surface area contributed by atoms with Crippen LogP contribution in [0.3, 0.4) is 0 Å². The van der Waals surface area contributed by atoms with Crippen LogP contribution in [-0.2, 0) is 16.0 Å². The number of pyridine rings is 1. The summed E-state index contributed by atoms with van der Waals surface area (Å²) in [6, 6.07) is 4.87. The van der Waals surface area contributed by atoms with E-state index in [9.17, 15) is 31.2 Å². The molecule has 11 nitrogen and oxygen atoms in total. The van der Waals surface area contributed by atoms with Crippen molar-refractivity contribution in [1.82, 2.24) is 30.3 Å². The molecule has 4 aromatic rings. The number of aromatic nitrogens is 5. The van der Waals surface area contributed by atoms with E-state index in [1.54, 1.807) is 0 Å². The molecule has 4 rings (SSSR count). The zero-order valence-electron chi connectivity index (χ0n) is 20.9. The molecule has 1 aromatic carbocycles. The first kappa shape index (κ1) is 29.5. The molecule has 2 amide bonds. The van der Waals surface area contributed by atoms with E-state index in [-0.39, 0.29) is 32.1 Å². The molecule has 3 heterocycles. The molecule has 40 heavy (non-hydrogen) atoms. The molecule has 0 saturated carbocycles. The molecule has 0 aliphatic heterocycles. The molecule has 0 bridgehead atoms. The smallest absolute Gasteiger partial charge is 0.346 e. The monoisotopic (exact) mass is 661 g/mol. The number of H-pyrrole nitrogens is 1. The van der Waals surface area contributed by atoms with Gasteiger partial charge < -0.3 is 10.6 Å². The Morgan fingerprint density at radius 2 is 1.90 bits per heavy atom. The van der Waals surface area contributed by atoms with E-state index in [2.05, 4.69) is 46.8 Å². The van der Waals surface area contributed by atoms with Crippen molar-refractivity contribution in [2.24, 2.45) is 0 Å². The van der Waals surface area contributed by atoms with Crippen LogP contribution in [0.4, 0.5) is 18.9 Å². The van der Waals surface area contributed by atoms with Crippen molar-refractivity contribution >= 4 is 65.8 Å². The number of aromatic amines is 1. The standard InChI is InChI=1S/C23H20BrClF3N7O4S/c1-22(2,10-40(3,38)39)32-21(37)16-17-11(9-30-33-17)7-12(24)18(16)31-20(36)14-8-15(23(26,27)28)34-35(14)19-13(25)5-4-6-29-19/h4-9H,10H2,1-3H3,(H,30,33)(H,31,36)(H,32,37). The van der Waals surface area contributed by atoms with E-state index in [1.165, 1.54) is 44.4 Å². The minimum Gasteiger partial charge on any atom is -0.346 e. The zero-order valence-corrected chi connectivity index (χ0v) is 24.0. The summed E-state index contributed by atoms with van der Waals surface area (Å²) in [5.74, 6) is -2.48. The highest BCUT2D eigenvalue weighted by atomic mass is 79.9. The minimum atomic E-state index is -4.90. The molecule has 3 aromatic heterocycles. The number of halogens is 5. The van der Waals surface area contributed by atoms with Gasteiger partial charge in [-0.05, 0) is 48.0 Å². The number of hydrogen-bond acceptors (Lipinski definition) is 7. The lowest BCUT2D eigenvalue weighted by Crippen LogP contribution is -2.48. The number of amides is 2. The lowest BCUT2D eigenvalue weighted by Gasteiger charge is -2.26. The van der Waals surface area contributed by atoms with Gasteiger partial charge in [-0.3, -0.25) is 14.7 Å². The van der Waals surface area contributed by atoms with Gasteiger partial charge in [0.15, 0.2) is 11.5 Å². The topological polar surface area (TPSA) is 152 Å². The molecule has 17 heteroatoms. The predicted octanol–water partition coefficient (Wildman–Crippen LogP) is 4.38. The Hall–Kier alpha value is -3.50. The summed E-state index contributed by atoms with van der Waals surface area (Å²) in [6.07, 6.45) is -1.20. The molecule has 3 N–H and O–H groups in total. The SMILES string of the molecule is CC(C)(CS(C)(=O)=O)NC(=O)c1c(NC(=O)c2cc(C(F)(F)F)nn2-c2ncccc2Cl)c(Br)cc2cn[nH]c12. The Labute approximate surface area is 238 Å². The molecule has 0 fully saturated rings. The fourth-order valence-electron chi connectivity index (χ4n) is 4.02. The molecule has 0 unspecified atom stereocenters. The fraction of sp³-hybridized carbons (Fsp3) is 0.261. The lowest BCUT2D eigenvalue weighted by molar-refractivity contribution is -0.141. The first-order valence-electron chi connectivity index (χ1n) is 11.2. The van der Waals surface area contributed by atoms with Crippen LogP contribution in [0.15, 0.2) is 41.1 Å². The highest BCUT2D eigenvalue weighted by Crippen LogP contribution is 2.35. The van der Waals surface area contributed by atoms with Crippen LogP contribution < -0.4 is 10.6 Å². The number of fused-ring (bicyclic) bond motifs is 1. The molecular weight excluding hydrogens is 643 g/mol. The maximum atomic E-state index is 13.6. The van der Waals surface area contributed by atoms with Gasteiger partial charge in [-0.2, -0.15) is 23.4 Å². The Kier molecular flexibility index (Phi) is 7.72. The normalized spacial score (nSPS) is 12.5. The van der Waals surface area contributed by atoms with E-state index in [0.29, 0.717) is 16.1 Å². The maximum absolute atomic E-state index is 13.6. The number of alkyl halides is 3. The second-order valence-electron chi connectivity index (χ2n) is 9.44. The van der Waals surface area contributed by atoms with Crippen LogP contribution in [0.25, 0.3) is 16.7 Å². The van der Waals surface area contributed by atoms with Crippen LogP contribution in [0.1, 0.15) is 40.4 Å². The second kappa shape index (κ2) is 10.5. The number of carbonyl (C=O) groups is 2. The number of nitrogens with one attached hydrogen (secondary N) is 3. The van der Waals surface area contributed by atoms with E-state index in [0.717, 1.165) is 6.26 Å². The first-order chi connectivity index (χ1) is 18.5. The van der Waals surface area contributed by atoms with Crippen molar-refractivity contribution < 1.29 is 31.2 Å². The number of nitrogens with zero attached hydrogens (tertiary/aromatic N) is 4. The zero-order chi connectivity index (χ0) is 29.6. The van der Waals surface area contributed by atoms with Gasteiger partial charge in [-0.1, -0.05) is 11.6 Å². The molecule has 0 aliphatic rings. The van der Waals surface area contributed by atoms with Crippen LogP contribution in [0.5, 0.6) is 0 Å². The number of benzene rings is 1. The Bertz CT molecular complexity index is 1750. The Morgan fingerprint density at radius 1 is 1.20 bits per heavy atom. The molecule has 0 atom stereocenters. The van der Waals surface area contributed by atoms with E-state index < -0.39 is 50.5 Å². The third-order valence-electron chi connectivity index (χ3n) is 5.40. The predicted molar refractivity (Wildman–Crippen MR) is 144 cm³/mol. The maximum Gasteiger partial charge on any atom is 0.435 e. The third kappa shape index (κ3) is 6.28. The summed E-state index contributed by atoms with van der Waals surface area (Å²) in [7, 11) is -3.49. The van der Waals surface area contributed by atoms with Gasteiger partial charge in [0, 0.05) is 33.9 Å². The van der Waals surface area contributed by atoms with Gasteiger partial charge in [0.25, 0.3) is 11.8 Å². The Balaban J connectivity index is 1.82. The number of rotatable bonds is 7. The fourth-order valence-corrected chi connectivity index (χ4v) is 6.15. The summed E-state index contributed by atoms with van der Waals surface area (Å²) in [5, 5.41) is 15.6. The number of anilines is 1. The van der Waals surface area contributed by atoms with Crippen LogP contribution in [0, 0.1) is 0 Å². The second-order valence-corrected chi connectivity index (χ2v) is 12.8. The summed E-state index contributed by atoms with van der Waals surface area (Å²) in [6.45, 7) is 3.00. The van der Waals surface area contributed by atoms with E-state index >= 15 is 0 Å². The van der Waals surface area contributed by atoms with E-state index in [4.69, 9.17) is 11.6 Å². The largest absolute Gasteiger partial charge is 0.435 e. The average molecular weight is 663 g/mol. The van der Waals surface area contributed by atoms with Gasteiger partial charge in [-0.15, -0.1) is 0 Å². The van der Waals surface area contributed by atoms with Crippen molar-refractivity contribution in [3.8, 4) is 5.82 Å².